The van der Waals surface area contributed by atoms with Gasteiger partial charge in [0, 0.05) is 21.2 Å². The topological polar surface area (TPSA) is 109 Å². The molecule has 0 aliphatic heterocycles. The lowest BCUT2D eigenvalue weighted by molar-refractivity contribution is -0.116. The van der Waals surface area contributed by atoms with Crippen molar-refractivity contribution in [2.45, 2.75) is 10.1 Å². The molecular weight excluding hydrogens is 676 g/mol. The van der Waals surface area contributed by atoms with Gasteiger partial charge in [0.05, 0.1) is 17.3 Å². The van der Waals surface area contributed by atoms with E-state index >= 15 is 0 Å². The van der Waals surface area contributed by atoms with E-state index in [9.17, 15) is 14.4 Å². The van der Waals surface area contributed by atoms with Crippen LogP contribution in [0.1, 0.15) is 26.7 Å². The second-order valence-corrected chi connectivity index (χ2v) is 13.2. The van der Waals surface area contributed by atoms with Gasteiger partial charge in [0.1, 0.15) is 16.7 Å². The van der Waals surface area contributed by atoms with Crippen LogP contribution >= 0.6 is 34.7 Å². The molecule has 0 aliphatic rings. The molecule has 3 N–H and O–H groups in total. The van der Waals surface area contributed by atoms with Gasteiger partial charge >= 0.3 is 0 Å². The summed E-state index contributed by atoms with van der Waals surface area (Å²) in [7, 11) is 1.61. The van der Waals surface area contributed by atoms with Gasteiger partial charge in [-0.05, 0) is 77.9 Å². The lowest BCUT2D eigenvalue weighted by Crippen LogP contribution is -2.30. The number of hydrogen-bond donors (Lipinski definition) is 3. The molecule has 5 aromatic carbocycles. The van der Waals surface area contributed by atoms with Gasteiger partial charge in [-0.2, -0.15) is 0 Å². The van der Waals surface area contributed by atoms with Gasteiger partial charge in [0.2, 0.25) is 5.91 Å². The van der Waals surface area contributed by atoms with Crippen molar-refractivity contribution in [3.63, 3.8) is 0 Å². The van der Waals surface area contributed by atoms with E-state index in [1.807, 2.05) is 60.7 Å². The van der Waals surface area contributed by atoms with E-state index in [2.05, 4.69) is 20.9 Å². The fraction of sp³-hybridized carbons (Fsp3) is 0.0526. The first-order valence-electron chi connectivity index (χ1n) is 15.1. The Bertz CT molecular complexity index is 2140. The number of rotatable bonds is 11. The Kier molecular flexibility index (Phi) is 10.7. The Hall–Kier alpha value is -5.42. The smallest absolute Gasteiger partial charge is 0.272 e. The first kappa shape index (κ1) is 33.5. The second-order valence-electron chi connectivity index (χ2n) is 10.6. The van der Waals surface area contributed by atoms with E-state index in [1.54, 1.807) is 73.8 Å². The van der Waals surface area contributed by atoms with Crippen LogP contribution in [-0.2, 0) is 9.59 Å². The number of halogens is 1. The predicted molar refractivity (Wildman–Crippen MR) is 198 cm³/mol. The monoisotopic (exact) mass is 704 g/mol. The van der Waals surface area contributed by atoms with Crippen molar-refractivity contribution in [3.05, 3.63) is 155 Å². The summed E-state index contributed by atoms with van der Waals surface area (Å²) in [4.78, 5) is 45.5. The molecule has 0 aliphatic carbocycles. The van der Waals surface area contributed by atoms with E-state index in [0.717, 1.165) is 26.4 Å². The molecule has 1 atom stereocenters. The van der Waals surface area contributed by atoms with Crippen LogP contribution in [0.25, 0.3) is 16.3 Å². The molecule has 244 valence electrons. The van der Waals surface area contributed by atoms with Gasteiger partial charge < -0.3 is 20.7 Å². The lowest BCUT2D eigenvalue weighted by atomic mass is 10.1. The van der Waals surface area contributed by atoms with Crippen LogP contribution in [-0.4, -0.2) is 29.8 Å². The number of methoxy groups -OCH3 is 1. The molecule has 8 nitrogen and oxygen atoms in total. The summed E-state index contributed by atoms with van der Waals surface area (Å²) in [5.41, 5.74) is 3.10. The molecule has 6 rings (SSSR count). The fourth-order valence-corrected chi connectivity index (χ4v) is 6.91. The molecule has 1 heterocycles. The maximum atomic E-state index is 13.7. The molecule has 0 spiro atoms. The maximum absolute atomic E-state index is 13.7. The van der Waals surface area contributed by atoms with Crippen LogP contribution < -0.4 is 20.7 Å². The van der Waals surface area contributed by atoms with Crippen molar-refractivity contribution in [3.8, 4) is 5.75 Å². The van der Waals surface area contributed by atoms with Crippen LogP contribution in [0.2, 0.25) is 5.02 Å². The molecule has 0 saturated heterocycles. The van der Waals surface area contributed by atoms with Crippen LogP contribution in [0.5, 0.6) is 5.75 Å². The predicted octanol–water partition coefficient (Wildman–Crippen LogP) is 8.84. The zero-order valence-electron chi connectivity index (χ0n) is 26.1. The maximum Gasteiger partial charge on any atom is 0.272 e. The van der Waals surface area contributed by atoms with Gasteiger partial charge in [0.25, 0.3) is 11.8 Å². The third kappa shape index (κ3) is 8.55. The number of fused-ring (bicyclic) bond motifs is 1. The number of anilines is 2. The molecule has 0 fully saturated rings. The summed E-state index contributed by atoms with van der Waals surface area (Å²) in [6.45, 7) is 0. The zero-order valence-corrected chi connectivity index (χ0v) is 28.4. The summed E-state index contributed by atoms with van der Waals surface area (Å²) >= 11 is 9.11. The average Bonchev–Trinajstić information content (AvgIpc) is 3.53. The Morgan fingerprint density at radius 1 is 0.837 bits per heavy atom. The Balaban J connectivity index is 1.19. The molecule has 0 bridgehead atoms. The summed E-state index contributed by atoms with van der Waals surface area (Å²) in [6.07, 6.45) is 1.54. The molecule has 1 aromatic heterocycles. The highest BCUT2D eigenvalue weighted by Gasteiger charge is 2.24. The van der Waals surface area contributed by atoms with E-state index in [0.29, 0.717) is 27.0 Å². The summed E-state index contributed by atoms with van der Waals surface area (Å²) < 4.78 is 6.22. The highest BCUT2D eigenvalue weighted by molar-refractivity contribution is 8.00. The summed E-state index contributed by atoms with van der Waals surface area (Å²) in [6, 6.07) is 37.9. The van der Waals surface area contributed by atoms with E-state index < -0.39 is 17.1 Å². The van der Waals surface area contributed by atoms with Crippen molar-refractivity contribution in [1.29, 1.82) is 0 Å². The van der Waals surface area contributed by atoms with Crippen molar-refractivity contribution >= 4 is 79.5 Å². The molecule has 0 saturated carbocycles. The number of hydrogen-bond acceptors (Lipinski definition) is 7. The van der Waals surface area contributed by atoms with Gasteiger partial charge in [0.15, 0.2) is 5.13 Å². The van der Waals surface area contributed by atoms with Gasteiger partial charge in [-0.3, -0.25) is 14.4 Å². The third-order valence-corrected chi connectivity index (χ3v) is 9.81. The summed E-state index contributed by atoms with van der Waals surface area (Å²) in [5.74, 6) is -0.463. The molecule has 3 amide bonds. The molecule has 6 aromatic rings. The number of carbonyl (C=O) groups excluding carboxylic acids is 3. The number of thioether (sulfide) groups is 1. The molecule has 1 unspecified atom stereocenters. The lowest BCUT2D eigenvalue weighted by Gasteiger charge is -2.17. The molecule has 0 radical (unpaired) electrons. The normalized spacial score (nSPS) is 11.8. The first-order valence-corrected chi connectivity index (χ1v) is 17.1. The number of benzene rings is 5. The van der Waals surface area contributed by atoms with Crippen molar-refractivity contribution in [2.75, 3.05) is 17.7 Å². The number of amides is 3. The van der Waals surface area contributed by atoms with Crippen LogP contribution in [0.4, 0.5) is 10.8 Å². The zero-order chi connectivity index (χ0) is 34.2. The summed E-state index contributed by atoms with van der Waals surface area (Å²) in [5, 5.41) is 8.91. The molecular formula is C38H29ClN4O4S2. The third-order valence-electron chi connectivity index (χ3n) is 7.27. The van der Waals surface area contributed by atoms with Crippen LogP contribution in [0.3, 0.4) is 0 Å². The molecule has 11 heteroatoms. The Morgan fingerprint density at radius 3 is 2.24 bits per heavy atom. The van der Waals surface area contributed by atoms with Crippen molar-refractivity contribution < 1.29 is 19.1 Å². The fourth-order valence-electron chi connectivity index (χ4n) is 4.80. The standard InChI is InChI=1S/C38H29ClN4O4S2/c1-47-28-18-21-31-33(23-28)49-38(42-31)43-37(46)34(24-10-4-2-5-11-24)48-29-19-16-27(17-20-29)40-36(45)32(22-26-14-8-9-15-30(26)39)41-35(44)25-12-6-3-7-13-25/h2-23,34H,1H3,(H,40,45)(H,41,44)(H,42,43,46)/b32-22-. The van der Waals surface area contributed by atoms with Gasteiger partial charge in [-0.25, -0.2) is 4.98 Å². The minimum Gasteiger partial charge on any atom is -0.497 e. The van der Waals surface area contributed by atoms with Crippen molar-refractivity contribution in [2.24, 2.45) is 0 Å². The number of nitrogens with one attached hydrogen (secondary N) is 3. The average molecular weight is 705 g/mol. The van der Waals surface area contributed by atoms with Crippen LogP contribution in [0.15, 0.2) is 138 Å². The minimum atomic E-state index is -0.582. The number of thiazole rings is 1. The van der Waals surface area contributed by atoms with E-state index in [-0.39, 0.29) is 11.6 Å². The highest BCUT2D eigenvalue weighted by atomic mass is 35.5. The number of carbonyl (C=O) groups is 3. The quantitative estimate of drug-likeness (QED) is 0.0919. The Morgan fingerprint density at radius 2 is 1.53 bits per heavy atom. The van der Waals surface area contributed by atoms with Crippen LogP contribution in [0, 0.1) is 0 Å². The van der Waals surface area contributed by atoms with Crippen molar-refractivity contribution in [1.82, 2.24) is 10.3 Å². The van der Waals surface area contributed by atoms with Gasteiger partial charge in [-0.15, -0.1) is 11.8 Å². The number of ether oxygens (including phenoxy) is 1. The van der Waals surface area contributed by atoms with E-state index in [4.69, 9.17) is 16.3 Å². The first-order chi connectivity index (χ1) is 23.9. The van der Waals surface area contributed by atoms with Gasteiger partial charge in [-0.1, -0.05) is 89.7 Å². The van der Waals surface area contributed by atoms with E-state index in [1.165, 1.54) is 29.2 Å². The molecule has 49 heavy (non-hydrogen) atoms. The largest absolute Gasteiger partial charge is 0.497 e. The highest BCUT2D eigenvalue weighted by Crippen LogP contribution is 2.38. The Labute approximate surface area is 296 Å². The number of nitrogens with zero attached hydrogens (tertiary/aromatic N) is 1. The minimum absolute atomic E-state index is 0.0227. The SMILES string of the molecule is COc1ccc2nc(NC(=O)C(Sc3ccc(NC(=O)/C(=C/c4ccccc4Cl)NC(=O)c4ccccc4)cc3)c3ccccc3)sc2c1. The second kappa shape index (κ2) is 15.7. The number of aromatic nitrogens is 1.